The van der Waals surface area contributed by atoms with Crippen molar-refractivity contribution in [2.45, 2.75) is 90.1 Å². The van der Waals surface area contributed by atoms with Crippen LogP contribution in [0.1, 0.15) is 78.1 Å². The second kappa shape index (κ2) is 9.04. The van der Waals surface area contributed by atoms with Crippen LogP contribution >= 0.6 is 0 Å². The molecular formula is C18H36N2. The van der Waals surface area contributed by atoms with E-state index in [1.165, 1.54) is 83.8 Å². The lowest BCUT2D eigenvalue weighted by Crippen LogP contribution is -2.50. The van der Waals surface area contributed by atoms with Crippen LogP contribution in [0.3, 0.4) is 0 Å². The van der Waals surface area contributed by atoms with Crippen molar-refractivity contribution in [3.63, 3.8) is 0 Å². The molecule has 0 bridgehead atoms. The SMILES string of the molecule is CCCC1CCCC(N(CCC)C2CCCNC2)CC1. The standard InChI is InChI=1S/C18H36N2/c1-3-7-16-8-5-9-17(12-11-16)20(14-4-2)18-10-6-13-19-15-18/h16-19H,3-15H2,1-2H3. The summed E-state index contributed by atoms with van der Waals surface area (Å²) in [6.07, 6.45) is 14.3. The first-order chi connectivity index (χ1) is 9.85. The molecule has 3 unspecified atom stereocenters. The molecule has 1 saturated heterocycles. The first-order valence-electron chi connectivity index (χ1n) is 9.31. The van der Waals surface area contributed by atoms with Gasteiger partial charge in [-0.3, -0.25) is 4.90 Å². The molecule has 0 spiro atoms. The molecule has 2 nitrogen and oxygen atoms in total. The zero-order valence-electron chi connectivity index (χ0n) is 13.9. The Bertz CT molecular complexity index is 248. The summed E-state index contributed by atoms with van der Waals surface area (Å²) in [4.78, 5) is 2.89. The number of nitrogens with one attached hydrogen (secondary N) is 1. The van der Waals surface area contributed by atoms with Crippen LogP contribution in [0.4, 0.5) is 0 Å². The second-order valence-electron chi connectivity index (χ2n) is 7.05. The van der Waals surface area contributed by atoms with Crippen LogP contribution in [0.25, 0.3) is 0 Å². The molecule has 3 atom stereocenters. The fourth-order valence-electron chi connectivity index (χ4n) is 4.43. The van der Waals surface area contributed by atoms with E-state index in [2.05, 4.69) is 24.1 Å². The van der Waals surface area contributed by atoms with Gasteiger partial charge in [-0.05, 0) is 57.5 Å². The van der Waals surface area contributed by atoms with Crippen LogP contribution in [-0.4, -0.2) is 36.6 Å². The quantitative estimate of drug-likeness (QED) is 0.734. The Morgan fingerprint density at radius 2 is 1.75 bits per heavy atom. The summed E-state index contributed by atoms with van der Waals surface area (Å²) in [5, 5.41) is 3.62. The largest absolute Gasteiger partial charge is 0.315 e. The minimum absolute atomic E-state index is 0.816. The molecule has 0 amide bonds. The van der Waals surface area contributed by atoms with Gasteiger partial charge in [0.25, 0.3) is 0 Å². The fraction of sp³-hybridized carbons (Fsp3) is 1.00. The maximum atomic E-state index is 3.62. The van der Waals surface area contributed by atoms with E-state index >= 15 is 0 Å². The van der Waals surface area contributed by atoms with E-state index in [4.69, 9.17) is 0 Å². The molecule has 1 aliphatic heterocycles. The smallest absolute Gasteiger partial charge is 0.0224 e. The lowest BCUT2D eigenvalue weighted by atomic mass is 9.95. The Morgan fingerprint density at radius 3 is 2.45 bits per heavy atom. The van der Waals surface area contributed by atoms with Crippen LogP contribution in [0.15, 0.2) is 0 Å². The van der Waals surface area contributed by atoms with Gasteiger partial charge in [-0.1, -0.05) is 39.5 Å². The molecule has 118 valence electrons. The first-order valence-corrected chi connectivity index (χ1v) is 9.31. The third-order valence-electron chi connectivity index (χ3n) is 5.45. The van der Waals surface area contributed by atoms with Crippen molar-refractivity contribution in [3.05, 3.63) is 0 Å². The molecule has 0 aromatic rings. The van der Waals surface area contributed by atoms with Crippen LogP contribution in [-0.2, 0) is 0 Å². The zero-order valence-corrected chi connectivity index (χ0v) is 13.9. The third-order valence-corrected chi connectivity index (χ3v) is 5.45. The van der Waals surface area contributed by atoms with Crippen molar-refractivity contribution in [1.29, 1.82) is 0 Å². The predicted octanol–water partition coefficient (Wildman–Crippen LogP) is 4.20. The first kappa shape index (κ1) is 16.3. The Morgan fingerprint density at radius 1 is 0.900 bits per heavy atom. The van der Waals surface area contributed by atoms with Crippen molar-refractivity contribution in [2.24, 2.45) is 5.92 Å². The Kier molecular flexibility index (Phi) is 7.37. The van der Waals surface area contributed by atoms with Gasteiger partial charge in [0, 0.05) is 18.6 Å². The van der Waals surface area contributed by atoms with E-state index < -0.39 is 0 Å². The van der Waals surface area contributed by atoms with Gasteiger partial charge in [-0.15, -0.1) is 0 Å². The number of piperidine rings is 1. The molecule has 1 saturated carbocycles. The Labute approximate surface area is 126 Å². The number of nitrogens with zero attached hydrogens (tertiary/aromatic N) is 1. The van der Waals surface area contributed by atoms with Gasteiger partial charge in [-0.2, -0.15) is 0 Å². The Hall–Kier alpha value is -0.0800. The van der Waals surface area contributed by atoms with Gasteiger partial charge in [-0.25, -0.2) is 0 Å². The summed E-state index contributed by atoms with van der Waals surface area (Å²) in [6, 6.07) is 1.69. The molecule has 2 fully saturated rings. The molecule has 0 radical (unpaired) electrons. The van der Waals surface area contributed by atoms with Gasteiger partial charge in [0.05, 0.1) is 0 Å². The van der Waals surface area contributed by atoms with Crippen molar-refractivity contribution < 1.29 is 0 Å². The summed E-state index contributed by atoms with van der Waals surface area (Å²) in [6.45, 7) is 8.48. The molecule has 1 aliphatic carbocycles. The molecule has 0 aromatic heterocycles. The third kappa shape index (κ3) is 4.73. The monoisotopic (exact) mass is 280 g/mol. The number of hydrogen-bond acceptors (Lipinski definition) is 2. The number of rotatable bonds is 6. The predicted molar refractivity (Wildman–Crippen MR) is 88.2 cm³/mol. The highest BCUT2D eigenvalue weighted by Gasteiger charge is 2.28. The highest BCUT2D eigenvalue weighted by atomic mass is 15.2. The van der Waals surface area contributed by atoms with Gasteiger partial charge in [0.15, 0.2) is 0 Å². The van der Waals surface area contributed by atoms with Crippen molar-refractivity contribution >= 4 is 0 Å². The fourth-order valence-corrected chi connectivity index (χ4v) is 4.43. The lowest BCUT2D eigenvalue weighted by Gasteiger charge is -2.40. The summed E-state index contributed by atoms with van der Waals surface area (Å²) >= 11 is 0. The van der Waals surface area contributed by atoms with Crippen molar-refractivity contribution in [3.8, 4) is 0 Å². The molecule has 2 aliphatic rings. The van der Waals surface area contributed by atoms with Gasteiger partial charge in [0.1, 0.15) is 0 Å². The van der Waals surface area contributed by atoms with Crippen LogP contribution in [0.2, 0.25) is 0 Å². The summed E-state index contributed by atoms with van der Waals surface area (Å²) in [5.74, 6) is 1.03. The molecule has 2 rings (SSSR count). The molecule has 0 aromatic carbocycles. The molecular weight excluding hydrogens is 244 g/mol. The molecule has 1 N–H and O–H groups in total. The van der Waals surface area contributed by atoms with E-state index in [1.807, 2.05) is 0 Å². The summed E-state index contributed by atoms with van der Waals surface area (Å²) < 4.78 is 0. The zero-order chi connectivity index (χ0) is 14.2. The average molecular weight is 280 g/mol. The minimum atomic E-state index is 0.816. The van der Waals surface area contributed by atoms with E-state index in [9.17, 15) is 0 Å². The van der Waals surface area contributed by atoms with Gasteiger partial charge in [0.2, 0.25) is 0 Å². The van der Waals surface area contributed by atoms with Crippen molar-refractivity contribution in [2.75, 3.05) is 19.6 Å². The molecule has 20 heavy (non-hydrogen) atoms. The topological polar surface area (TPSA) is 15.3 Å². The highest BCUT2D eigenvalue weighted by Crippen LogP contribution is 2.30. The second-order valence-corrected chi connectivity index (χ2v) is 7.05. The van der Waals surface area contributed by atoms with E-state index in [-0.39, 0.29) is 0 Å². The summed E-state index contributed by atoms with van der Waals surface area (Å²) in [5.41, 5.74) is 0. The van der Waals surface area contributed by atoms with Crippen LogP contribution in [0, 0.1) is 5.92 Å². The van der Waals surface area contributed by atoms with E-state index in [0.717, 1.165) is 18.0 Å². The summed E-state index contributed by atoms with van der Waals surface area (Å²) in [7, 11) is 0. The Balaban J connectivity index is 1.90. The van der Waals surface area contributed by atoms with Crippen molar-refractivity contribution in [1.82, 2.24) is 10.2 Å². The maximum Gasteiger partial charge on any atom is 0.0224 e. The average Bonchev–Trinajstić information content (AvgIpc) is 2.72. The number of hydrogen-bond donors (Lipinski definition) is 1. The molecule has 1 heterocycles. The van der Waals surface area contributed by atoms with Crippen LogP contribution in [0.5, 0.6) is 0 Å². The van der Waals surface area contributed by atoms with Crippen LogP contribution < -0.4 is 5.32 Å². The van der Waals surface area contributed by atoms with E-state index in [1.54, 1.807) is 0 Å². The van der Waals surface area contributed by atoms with E-state index in [0.29, 0.717) is 0 Å². The normalized spacial score (nSPS) is 32.2. The van der Waals surface area contributed by atoms with Gasteiger partial charge < -0.3 is 5.32 Å². The minimum Gasteiger partial charge on any atom is -0.315 e. The maximum absolute atomic E-state index is 3.62. The highest BCUT2D eigenvalue weighted by molar-refractivity contribution is 4.85. The van der Waals surface area contributed by atoms with Gasteiger partial charge >= 0.3 is 0 Å². The lowest BCUT2D eigenvalue weighted by molar-refractivity contribution is 0.101. The molecule has 2 heteroatoms.